The third-order valence-electron chi connectivity index (χ3n) is 4.52. The normalized spacial score (nSPS) is 29.0. The summed E-state index contributed by atoms with van der Waals surface area (Å²) in [5.74, 6) is 0.837. The molecule has 0 saturated heterocycles. The smallest absolute Gasteiger partial charge is 0.259 e. The van der Waals surface area contributed by atoms with E-state index in [0.29, 0.717) is 23.1 Å². The van der Waals surface area contributed by atoms with E-state index in [4.69, 9.17) is 0 Å². The molecule has 106 valence electrons. The molecular formula is C16H20N2O2. The Bertz CT molecular complexity index is 568. The average molecular weight is 272 g/mol. The lowest BCUT2D eigenvalue weighted by Crippen LogP contribution is -2.33. The average Bonchev–Trinajstić information content (AvgIpc) is 2.68. The molecule has 2 N–H and O–H groups in total. The lowest BCUT2D eigenvalue weighted by molar-refractivity contribution is 0.0879. The van der Waals surface area contributed by atoms with Crippen LogP contribution in [0.1, 0.15) is 53.8 Å². The van der Waals surface area contributed by atoms with Crippen molar-refractivity contribution < 1.29 is 9.59 Å². The Kier molecular flexibility index (Phi) is 3.24. The molecule has 1 aromatic rings. The number of hydrogen-bond donors (Lipinski definition) is 2. The Labute approximate surface area is 118 Å². The zero-order chi connectivity index (χ0) is 14.3. The minimum atomic E-state index is -0.295. The fraction of sp³-hybridized carbons (Fsp3) is 0.500. The highest BCUT2D eigenvalue weighted by Crippen LogP contribution is 2.31. The number of imide groups is 1. The van der Waals surface area contributed by atoms with Gasteiger partial charge in [-0.1, -0.05) is 13.8 Å². The molecule has 0 bridgehead atoms. The van der Waals surface area contributed by atoms with E-state index in [-0.39, 0.29) is 11.8 Å². The van der Waals surface area contributed by atoms with Crippen LogP contribution in [-0.4, -0.2) is 17.9 Å². The van der Waals surface area contributed by atoms with Crippen molar-refractivity contribution >= 4 is 17.5 Å². The number of hydrogen-bond acceptors (Lipinski definition) is 3. The van der Waals surface area contributed by atoms with Gasteiger partial charge < -0.3 is 5.32 Å². The predicted molar refractivity (Wildman–Crippen MR) is 77.8 cm³/mol. The van der Waals surface area contributed by atoms with Gasteiger partial charge >= 0.3 is 0 Å². The van der Waals surface area contributed by atoms with Gasteiger partial charge in [-0.15, -0.1) is 0 Å². The van der Waals surface area contributed by atoms with Gasteiger partial charge in [-0.25, -0.2) is 0 Å². The number of amides is 2. The quantitative estimate of drug-likeness (QED) is 0.814. The van der Waals surface area contributed by atoms with Crippen LogP contribution in [0.15, 0.2) is 18.2 Å². The topological polar surface area (TPSA) is 58.2 Å². The fourth-order valence-electron chi connectivity index (χ4n) is 3.35. The van der Waals surface area contributed by atoms with Crippen molar-refractivity contribution in [3.63, 3.8) is 0 Å². The third-order valence-corrected chi connectivity index (χ3v) is 4.52. The summed E-state index contributed by atoms with van der Waals surface area (Å²) in [7, 11) is 0. The van der Waals surface area contributed by atoms with Gasteiger partial charge in [0.1, 0.15) is 0 Å². The van der Waals surface area contributed by atoms with Crippen molar-refractivity contribution in [2.45, 2.75) is 39.2 Å². The number of rotatable bonds is 2. The van der Waals surface area contributed by atoms with Crippen molar-refractivity contribution in [2.24, 2.45) is 11.8 Å². The van der Waals surface area contributed by atoms with Crippen molar-refractivity contribution in [3.8, 4) is 0 Å². The van der Waals surface area contributed by atoms with Crippen molar-refractivity contribution in [3.05, 3.63) is 29.3 Å². The van der Waals surface area contributed by atoms with Crippen LogP contribution in [0.2, 0.25) is 0 Å². The van der Waals surface area contributed by atoms with E-state index >= 15 is 0 Å². The van der Waals surface area contributed by atoms with E-state index in [1.807, 2.05) is 6.07 Å². The van der Waals surface area contributed by atoms with E-state index < -0.39 is 0 Å². The Morgan fingerprint density at radius 3 is 2.60 bits per heavy atom. The molecule has 0 radical (unpaired) electrons. The maximum atomic E-state index is 11.7. The summed E-state index contributed by atoms with van der Waals surface area (Å²) in [6.07, 6.45) is 3.64. The van der Waals surface area contributed by atoms with Crippen LogP contribution in [0.4, 0.5) is 5.69 Å². The van der Waals surface area contributed by atoms with E-state index in [1.165, 1.54) is 12.8 Å². The van der Waals surface area contributed by atoms with Crippen LogP contribution >= 0.6 is 0 Å². The fourth-order valence-corrected chi connectivity index (χ4v) is 3.35. The summed E-state index contributed by atoms with van der Waals surface area (Å²) in [6, 6.07) is 5.86. The molecule has 1 saturated carbocycles. The second-order valence-electron chi connectivity index (χ2n) is 6.19. The molecular weight excluding hydrogens is 252 g/mol. The van der Waals surface area contributed by atoms with E-state index in [2.05, 4.69) is 24.5 Å². The molecule has 0 spiro atoms. The standard InChI is InChI=1S/C16H20N2O2/c1-9-3-6-14(10(2)7-9)17-11-4-5-12-13(8-11)16(20)18-15(12)19/h4-5,8-10,14,17H,3,6-7H2,1-2H3,(H,18,19,20). The van der Waals surface area contributed by atoms with Crippen LogP contribution in [-0.2, 0) is 0 Å². The minimum absolute atomic E-state index is 0.293. The zero-order valence-electron chi connectivity index (χ0n) is 11.9. The predicted octanol–water partition coefficient (Wildman–Crippen LogP) is 2.81. The number of fused-ring (bicyclic) bond motifs is 1. The monoisotopic (exact) mass is 272 g/mol. The van der Waals surface area contributed by atoms with Crippen LogP contribution in [0.5, 0.6) is 0 Å². The summed E-state index contributed by atoms with van der Waals surface area (Å²) < 4.78 is 0. The number of anilines is 1. The third kappa shape index (κ3) is 2.30. The second-order valence-corrected chi connectivity index (χ2v) is 6.19. The molecule has 1 aromatic carbocycles. The Morgan fingerprint density at radius 2 is 1.85 bits per heavy atom. The molecule has 1 aliphatic heterocycles. The first-order valence-electron chi connectivity index (χ1n) is 7.31. The van der Waals surface area contributed by atoms with Gasteiger partial charge in [0.25, 0.3) is 11.8 Å². The first-order valence-corrected chi connectivity index (χ1v) is 7.31. The van der Waals surface area contributed by atoms with Crippen LogP contribution in [0, 0.1) is 11.8 Å². The number of benzene rings is 1. The molecule has 4 heteroatoms. The molecule has 1 heterocycles. The van der Waals surface area contributed by atoms with Gasteiger partial charge in [0.2, 0.25) is 0 Å². The minimum Gasteiger partial charge on any atom is -0.382 e. The van der Waals surface area contributed by atoms with Gasteiger partial charge in [0.15, 0.2) is 0 Å². The number of carbonyl (C=O) groups is 2. The summed E-state index contributed by atoms with van der Waals surface area (Å²) in [4.78, 5) is 23.2. The first-order chi connectivity index (χ1) is 9.54. The largest absolute Gasteiger partial charge is 0.382 e. The summed E-state index contributed by atoms with van der Waals surface area (Å²) in [5.41, 5.74) is 1.89. The summed E-state index contributed by atoms with van der Waals surface area (Å²) in [6.45, 7) is 4.58. The van der Waals surface area contributed by atoms with Gasteiger partial charge in [0, 0.05) is 11.7 Å². The van der Waals surface area contributed by atoms with Crippen LogP contribution < -0.4 is 10.6 Å². The maximum Gasteiger partial charge on any atom is 0.259 e. The van der Waals surface area contributed by atoms with Gasteiger partial charge in [-0.2, -0.15) is 0 Å². The van der Waals surface area contributed by atoms with Gasteiger partial charge in [-0.3, -0.25) is 14.9 Å². The zero-order valence-corrected chi connectivity index (χ0v) is 11.9. The Hall–Kier alpha value is -1.84. The van der Waals surface area contributed by atoms with Crippen molar-refractivity contribution in [1.29, 1.82) is 0 Å². The highest BCUT2D eigenvalue weighted by Gasteiger charge is 2.28. The first kappa shape index (κ1) is 13.2. The van der Waals surface area contributed by atoms with E-state index in [0.717, 1.165) is 18.0 Å². The molecule has 20 heavy (non-hydrogen) atoms. The number of carbonyl (C=O) groups excluding carboxylic acids is 2. The SMILES string of the molecule is CC1CCC(Nc2ccc3c(c2)C(=O)NC3=O)C(C)C1. The molecule has 3 rings (SSSR count). The maximum absolute atomic E-state index is 11.7. The summed E-state index contributed by atoms with van der Waals surface area (Å²) in [5, 5.41) is 5.85. The Balaban J connectivity index is 1.77. The van der Waals surface area contributed by atoms with E-state index in [1.54, 1.807) is 12.1 Å². The molecule has 1 aliphatic carbocycles. The molecule has 3 atom stereocenters. The Morgan fingerprint density at radius 1 is 1.10 bits per heavy atom. The highest BCUT2D eigenvalue weighted by molar-refractivity contribution is 6.21. The lowest BCUT2D eigenvalue weighted by atomic mass is 9.80. The molecule has 4 nitrogen and oxygen atoms in total. The molecule has 2 amide bonds. The molecule has 3 unspecified atom stereocenters. The van der Waals surface area contributed by atoms with E-state index in [9.17, 15) is 9.59 Å². The molecule has 0 aromatic heterocycles. The lowest BCUT2D eigenvalue weighted by Gasteiger charge is -2.33. The van der Waals surface area contributed by atoms with Crippen LogP contribution in [0.25, 0.3) is 0 Å². The van der Waals surface area contributed by atoms with Crippen LogP contribution in [0.3, 0.4) is 0 Å². The molecule has 1 fully saturated rings. The summed E-state index contributed by atoms with van der Waals surface area (Å²) >= 11 is 0. The van der Waals surface area contributed by atoms with Crippen molar-refractivity contribution in [2.75, 3.05) is 5.32 Å². The molecule has 2 aliphatic rings. The second kappa shape index (κ2) is 4.93. The van der Waals surface area contributed by atoms with Gasteiger partial charge in [0.05, 0.1) is 11.1 Å². The highest BCUT2D eigenvalue weighted by atomic mass is 16.2. The van der Waals surface area contributed by atoms with Gasteiger partial charge in [-0.05, 0) is 49.3 Å². The number of nitrogens with one attached hydrogen (secondary N) is 2. The van der Waals surface area contributed by atoms with Crippen molar-refractivity contribution in [1.82, 2.24) is 5.32 Å².